The molecule has 0 spiro atoms. The molecular weight excluding hydrogens is 452 g/mol. The van der Waals surface area contributed by atoms with Crippen LogP contribution >= 0.6 is 0 Å². The first-order chi connectivity index (χ1) is 17.5. The van der Waals surface area contributed by atoms with Gasteiger partial charge in [-0.25, -0.2) is 0 Å². The van der Waals surface area contributed by atoms with Gasteiger partial charge in [-0.15, -0.1) is 0 Å². The van der Waals surface area contributed by atoms with E-state index in [9.17, 15) is 9.59 Å². The highest BCUT2D eigenvalue weighted by Gasteiger charge is 2.31. The highest BCUT2D eigenvalue weighted by atomic mass is 16.5. The Balaban J connectivity index is 1.91. The van der Waals surface area contributed by atoms with E-state index in [2.05, 4.69) is 12.2 Å². The average molecular weight is 489 g/mol. The Hall–Kier alpha value is -3.80. The van der Waals surface area contributed by atoms with Crippen molar-refractivity contribution in [3.8, 4) is 11.5 Å². The van der Waals surface area contributed by atoms with Gasteiger partial charge in [0, 0.05) is 19.5 Å². The number of unbranched alkanes of at least 4 members (excludes halogenated alkanes) is 1. The first-order valence-corrected chi connectivity index (χ1v) is 12.4. The summed E-state index contributed by atoms with van der Waals surface area (Å²) in [6, 6.07) is 24.2. The lowest BCUT2D eigenvalue weighted by molar-refractivity contribution is -0.142. The second kappa shape index (κ2) is 13.9. The second-order valence-corrected chi connectivity index (χ2v) is 8.74. The summed E-state index contributed by atoms with van der Waals surface area (Å²) in [6.07, 6.45) is 2.26. The number of carbonyl (C=O) groups excluding carboxylic acids is 2. The number of hydrogen-bond donors (Lipinski definition) is 1. The molecule has 1 atom stereocenters. The molecule has 6 nitrogen and oxygen atoms in total. The quantitative estimate of drug-likeness (QED) is 0.346. The standard InChI is InChI=1S/C30H36N2O4/c1-4-5-19-31-30(34)26(20-24-14-7-6-8-15-24)32(21-25-16-10-9-13-23(25)2)29(33)22-36-28-18-12-11-17-27(28)35-3/h6-18,26H,4-5,19-22H2,1-3H3,(H,31,34)/t26-/m0/s1. The van der Waals surface area contributed by atoms with Gasteiger partial charge in [0.05, 0.1) is 7.11 Å². The van der Waals surface area contributed by atoms with Gasteiger partial charge >= 0.3 is 0 Å². The van der Waals surface area contributed by atoms with E-state index in [0.29, 0.717) is 31.0 Å². The minimum Gasteiger partial charge on any atom is -0.493 e. The number of rotatable bonds is 13. The number of amides is 2. The first kappa shape index (κ1) is 26.8. The molecule has 0 unspecified atom stereocenters. The van der Waals surface area contributed by atoms with Gasteiger partial charge in [0.25, 0.3) is 5.91 Å². The third kappa shape index (κ3) is 7.60. The topological polar surface area (TPSA) is 67.9 Å². The molecule has 0 heterocycles. The average Bonchev–Trinajstić information content (AvgIpc) is 2.91. The Kier molecular flexibility index (Phi) is 10.4. The minimum absolute atomic E-state index is 0.161. The van der Waals surface area contributed by atoms with E-state index in [1.54, 1.807) is 24.1 Å². The monoisotopic (exact) mass is 488 g/mol. The van der Waals surface area contributed by atoms with Crippen LogP contribution in [0.3, 0.4) is 0 Å². The first-order valence-electron chi connectivity index (χ1n) is 12.4. The fourth-order valence-electron chi connectivity index (χ4n) is 3.99. The van der Waals surface area contributed by atoms with Crippen molar-refractivity contribution in [1.82, 2.24) is 10.2 Å². The third-order valence-electron chi connectivity index (χ3n) is 6.12. The van der Waals surface area contributed by atoms with Gasteiger partial charge in [0.15, 0.2) is 18.1 Å². The maximum atomic E-state index is 13.7. The molecule has 3 rings (SSSR count). The van der Waals surface area contributed by atoms with Gasteiger partial charge in [0.2, 0.25) is 5.91 Å². The zero-order valence-electron chi connectivity index (χ0n) is 21.4. The number of aryl methyl sites for hydroxylation is 1. The number of ether oxygens (including phenoxy) is 2. The summed E-state index contributed by atoms with van der Waals surface area (Å²) in [5.41, 5.74) is 3.04. The van der Waals surface area contributed by atoms with Crippen molar-refractivity contribution < 1.29 is 19.1 Å². The van der Waals surface area contributed by atoms with Crippen LogP contribution in [0.25, 0.3) is 0 Å². The van der Waals surface area contributed by atoms with Crippen molar-refractivity contribution in [2.45, 2.75) is 45.7 Å². The number of nitrogens with one attached hydrogen (secondary N) is 1. The molecule has 3 aromatic rings. The largest absolute Gasteiger partial charge is 0.493 e. The van der Waals surface area contributed by atoms with Gasteiger partial charge in [-0.3, -0.25) is 9.59 Å². The molecule has 0 saturated heterocycles. The Morgan fingerprint density at radius 2 is 1.58 bits per heavy atom. The van der Waals surface area contributed by atoms with Crippen molar-refractivity contribution in [3.05, 3.63) is 95.6 Å². The molecule has 6 heteroatoms. The molecule has 0 radical (unpaired) electrons. The molecule has 0 bridgehead atoms. The van der Waals surface area contributed by atoms with E-state index >= 15 is 0 Å². The molecule has 3 aromatic carbocycles. The van der Waals surface area contributed by atoms with Crippen molar-refractivity contribution >= 4 is 11.8 Å². The van der Waals surface area contributed by atoms with E-state index < -0.39 is 6.04 Å². The summed E-state index contributed by atoms with van der Waals surface area (Å²) >= 11 is 0. The predicted octanol–water partition coefficient (Wildman–Crippen LogP) is 4.94. The van der Waals surface area contributed by atoms with E-state index in [-0.39, 0.29) is 18.4 Å². The summed E-state index contributed by atoms with van der Waals surface area (Å²) < 4.78 is 11.2. The van der Waals surface area contributed by atoms with Crippen LogP contribution in [0.15, 0.2) is 78.9 Å². The number of para-hydroxylation sites is 2. The summed E-state index contributed by atoms with van der Waals surface area (Å²) in [6.45, 7) is 4.76. The van der Waals surface area contributed by atoms with Crippen LogP contribution in [0.2, 0.25) is 0 Å². The summed E-state index contributed by atoms with van der Waals surface area (Å²) in [5, 5.41) is 3.04. The van der Waals surface area contributed by atoms with Crippen molar-refractivity contribution in [2.24, 2.45) is 0 Å². The maximum absolute atomic E-state index is 13.7. The van der Waals surface area contributed by atoms with Crippen LogP contribution in [-0.4, -0.2) is 43.0 Å². The fraction of sp³-hybridized carbons (Fsp3) is 0.333. The van der Waals surface area contributed by atoms with E-state index in [1.807, 2.05) is 73.7 Å². The Bertz CT molecular complexity index is 1120. The number of hydrogen-bond acceptors (Lipinski definition) is 4. The molecule has 0 fully saturated rings. The van der Waals surface area contributed by atoms with E-state index in [4.69, 9.17) is 9.47 Å². The van der Waals surface area contributed by atoms with Gasteiger partial charge in [-0.05, 0) is 42.2 Å². The Morgan fingerprint density at radius 1 is 0.917 bits per heavy atom. The molecule has 0 aromatic heterocycles. The number of benzene rings is 3. The molecule has 1 N–H and O–H groups in total. The van der Waals surface area contributed by atoms with E-state index in [0.717, 1.165) is 29.5 Å². The molecule has 0 aliphatic rings. The van der Waals surface area contributed by atoms with Crippen molar-refractivity contribution in [2.75, 3.05) is 20.3 Å². The zero-order valence-corrected chi connectivity index (χ0v) is 21.4. The van der Waals surface area contributed by atoms with Gasteiger partial charge in [-0.1, -0.05) is 80.1 Å². The lowest BCUT2D eigenvalue weighted by Crippen LogP contribution is -2.52. The van der Waals surface area contributed by atoms with Crippen LogP contribution in [0.4, 0.5) is 0 Å². The number of methoxy groups -OCH3 is 1. The van der Waals surface area contributed by atoms with Crippen LogP contribution < -0.4 is 14.8 Å². The summed E-state index contributed by atoms with van der Waals surface area (Å²) in [4.78, 5) is 28.8. The molecule has 0 saturated carbocycles. The molecule has 190 valence electrons. The smallest absolute Gasteiger partial charge is 0.261 e. The number of carbonyl (C=O) groups is 2. The lowest BCUT2D eigenvalue weighted by atomic mass is 10.0. The summed E-state index contributed by atoms with van der Waals surface area (Å²) in [5.74, 6) is 0.604. The highest BCUT2D eigenvalue weighted by Crippen LogP contribution is 2.26. The van der Waals surface area contributed by atoms with Gasteiger partial charge in [0.1, 0.15) is 6.04 Å². The van der Waals surface area contributed by atoms with E-state index in [1.165, 1.54) is 0 Å². The van der Waals surface area contributed by atoms with Crippen LogP contribution in [0, 0.1) is 6.92 Å². The maximum Gasteiger partial charge on any atom is 0.261 e. The minimum atomic E-state index is -0.683. The van der Waals surface area contributed by atoms with Crippen molar-refractivity contribution in [1.29, 1.82) is 0 Å². The Labute approximate surface area is 214 Å². The highest BCUT2D eigenvalue weighted by molar-refractivity contribution is 5.88. The molecule has 0 aliphatic carbocycles. The molecule has 36 heavy (non-hydrogen) atoms. The van der Waals surface area contributed by atoms with Gasteiger partial charge < -0.3 is 19.7 Å². The Morgan fingerprint density at radius 3 is 2.28 bits per heavy atom. The lowest BCUT2D eigenvalue weighted by Gasteiger charge is -2.32. The fourth-order valence-corrected chi connectivity index (χ4v) is 3.99. The van der Waals surface area contributed by atoms with Crippen LogP contribution in [0.5, 0.6) is 11.5 Å². The number of nitrogens with zero attached hydrogens (tertiary/aromatic N) is 1. The molecular formula is C30H36N2O4. The van der Waals surface area contributed by atoms with Crippen LogP contribution in [0.1, 0.15) is 36.5 Å². The van der Waals surface area contributed by atoms with Crippen molar-refractivity contribution in [3.63, 3.8) is 0 Å². The normalized spacial score (nSPS) is 11.4. The molecule has 2 amide bonds. The zero-order chi connectivity index (χ0) is 25.8. The predicted molar refractivity (Wildman–Crippen MR) is 142 cm³/mol. The SMILES string of the molecule is CCCCNC(=O)[C@H](Cc1ccccc1)N(Cc1ccccc1C)C(=O)COc1ccccc1OC. The summed E-state index contributed by atoms with van der Waals surface area (Å²) in [7, 11) is 1.56. The third-order valence-corrected chi connectivity index (χ3v) is 6.12. The molecule has 0 aliphatic heterocycles. The van der Waals surface area contributed by atoms with Gasteiger partial charge in [-0.2, -0.15) is 0 Å². The van der Waals surface area contributed by atoms with Crippen LogP contribution in [-0.2, 0) is 22.6 Å². The second-order valence-electron chi connectivity index (χ2n) is 8.74.